The van der Waals surface area contributed by atoms with Gasteiger partial charge in [-0.25, -0.2) is 0 Å². The van der Waals surface area contributed by atoms with E-state index < -0.39 is 0 Å². The fraction of sp³-hybridized carbons (Fsp3) is 1.00. The van der Waals surface area contributed by atoms with E-state index in [9.17, 15) is 0 Å². The van der Waals surface area contributed by atoms with Gasteiger partial charge in [0.1, 0.15) is 0 Å². The average molecular weight is 252 g/mol. The molecule has 1 aliphatic heterocycles. The number of likely N-dealkylation sites (N-methyl/N-ethyl adjacent to an activating group) is 1. The monoisotopic (exact) mass is 252 g/mol. The first-order valence-electron chi connectivity index (χ1n) is 8.23. The van der Waals surface area contributed by atoms with E-state index in [1.54, 1.807) is 0 Å². The lowest BCUT2D eigenvalue weighted by Gasteiger charge is -2.35. The topological polar surface area (TPSA) is 15.3 Å². The molecule has 1 heterocycles. The van der Waals surface area contributed by atoms with Gasteiger partial charge in [0.25, 0.3) is 0 Å². The molecule has 1 atom stereocenters. The highest BCUT2D eigenvalue weighted by molar-refractivity contribution is 4.79. The van der Waals surface area contributed by atoms with Crippen molar-refractivity contribution in [2.75, 3.05) is 26.2 Å². The third-order valence-electron chi connectivity index (χ3n) is 4.99. The molecule has 18 heavy (non-hydrogen) atoms. The molecule has 2 rings (SSSR count). The molecule has 1 aliphatic carbocycles. The average Bonchev–Trinajstić information content (AvgIpc) is 2.39. The summed E-state index contributed by atoms with van der Waals surface area (Å²) in [6.07, 6.45) is 10.2. The summed E-state index contributed by atoms with van der Waals surface area (Å²) in [7, 11) is 0. The van der Waals surface area contributed by atoms with E-state index in [0.717, 1.165) is 24.4 Å². The van der Waals surface area contributed by atoms with Gasteiger partial charge in [-0.3, -0.25) is 0 Å². The minimum absolute atomic E-state index is 0.759. The van der Waals surface area contributed by atoms with Gasteiger partial charge in [-0.1, -0.05) is 39.5 Å². The van der Waals surface area contributed by atoms with E-state index in [1.165, 1.54) is 64.6 Å². The number of nitrogens with zero attached hydrogens (tertiary/aromatic N) is 1. The van der Waals surface area contributed by atoms with Crippen LogP contribution in [0.3, 0.4) is 0 Å². The summed E-state index contributed by atoms with van der Waals surface area (Å²) in [6.45, 7) is 9.74. The van der Waals surface area contributed by atoms with Gasteiger partial charge in [-0.05, 0) is 50.7 Å². The number of hydrogen-bond acceptors (Lipinski definition) is 2. The molecule has 2 nitrogen and oxygen atoms in total. The Balaban J connectivity index is 1.63. The molecule has 1 unspecified atom stereocenters. The number of piperidine rings is 1. The SMILES string of the molecule is CCNC1CCCN(CCC2CCC(C)CC2)C1. The second kappa shape index (κ2) is 7.49. The van der Waals surface area contributed by atoms with Crippen LogP contribution in [-0.4, -0.2) is 37.1 Å². The summed E-state index contributed by atoms with van der Waals surface area (Å²) in [5.74, 6) is 2.02. The predicted molar refractivity (Wildman–Crippen MR) is 78.9 cm³/mol. The maximum atomic E-state index is 3.62. The van der Waals surface area contributed by atoms with Crippen LogP contribution in [-0.2, 0) is 0 Å². The molecule has 0 radical (unpaired) electrons. The number of likely N-dealkylation sites (tertiary alicyclic amines) is 1. The van der Waals surface area contributed by atoms with Crippen LogP contribution in [0.4, 0.5) is 0 Å². The second-order valence-electron chi connectivity index (χ2n) is 6.61. The summed E-state index contributed by atoms with van der Waals surface area (Å²) in [4.78, 5) is 2.70. The van der Waals surface area contributed by atoms with E-state index in [0.29, 0.717) is 0 Å². The highest BCUT2D eigenvalue weighted by Gasteiger charge is 2.22. The number of rotatable bonds is 5. The molecule has 1 saturated carbocycles. The highest BCUT2D eigenvalue weighted by Crippen LogP contribution is 2.30. The molecule has 0 bridgehead atoms. The Hall–Kier alpha value is -0.0800. The van der Waals surface area contributed by atoms with Crippen molar-refractivity contribution in [1.29, 1.82) is 0 Å². The van der Waals surface area contributed by atoms with Crippen molar-refractivity contribution in [2.24, 2.45) is 11.8 Å². The van der Waals surface area contributed by atoms with E-state index in [4.69, 9.17) is 0 Å². The van der Waals surface area contributed by atoms with Crippen LogP contribution >= 0.6 is 0 Å². The first-order chi connectivity index (χ1) is 8.78. The lowest BCUT2D eigenvalue weighted by Crippen LogP contribution is -2.46. The summed E-state index contributed by atoms with van der Waals surface area (Å²) in [5.41, 5.74) is 0. The molecule has 106 valence electrons. The molecule has 0 aromatic heterocycles. The number of hydrogen-bond donors (Lipinski definition) is 1. The standard InChI is InChI=1S/C16H32N2/c1-3-17-16-5-4-11-18(13-16)12-10-15-8-6-14(2)7-9-15/h14-17H,3-13H2,1-2H3. The zero-order valence-corrected chi connectivity index (χ0v) is 12.5. The van der Waals surface area contributed by atoms with Crippen molar-refractivity contribution >= 4 is 0 Å². The Morgan fingerprint density at radius 2 is 1.89 bits per heavy atom. The summed E-state index contributed by atoms with van der Waals surface area (Å²) < 4.78 is 0. The van der Waals surface area contributed by atoms with Gasteiger partial charge < -0.3 is 10.2 Å². The van der Waals surface area contributed by atoms with Crippen molar-refractivity contribution in [2.45, 2.75) is 64.8 Å². The van der Waals surface area contributed by atoms with Crippen LogP contribution in [0.2, 0.25) is 0 Å². The Labute approximate surface area is 114 Å². The van der Waals surface area contributed by atoms with Crippen LogP contribution < -0.4 is 5.32 Å². The molecule has 0 aromatic carbocycles. The van der Waals surface area contributed by atoms with Gasteiger partial charge in [0, 0.05) is 12.6 Å². The molecule has 1 N–H and O–H groups in total. The largest absolute Gasteiger partial charge is 0.313 e. The van der Waals surface area contributed by atoms with Crippen molar-refractivity contribution in [1.82, 2.24) is 10.2 Å². The van der Waals surface area contributed by atoms with Crippen LogP contribution in [0.15, 0.2) is 0 Å². The van der Waals surface area contributed by atoms with Gasteiger partial charge in [0.05, 0.1) is 0 Å². The molecule has 2 aliphatic rings. The third-order valence-corrected chi connectivity index (χ3v) is 4.99. The zero-order valence-electron chi connectivity index (χ0n) is 12.5. The van der Waals surface area contributed by atoms with Gasteiger partial charge in [0.2, 0.25) is 0 Å². The van der Waals surface area contributed by atoms with Gasteiger partial charge >= 0.3 is 0 Å². The van der Waals surface area contributed by atoms with Gasteiger partial charge in [-0.2, -0.15) is 0 Å². The molecule has 1 saturated heterocycles. The normalized spacial score (nSPS) is 34.7. The zero-order chi connectivity index (χ0) is 12.8. The summed E-state index contributed by atoms with van der Waals surface area (Å²) >= 11 is 0. The minimum atomic E-state index is 0.759. The Morgan fingerprint density at radius 1 is 1.11 bits per heavy atom. The Morgan fingerprint density at radius 3 is 2.61 bits per heavy atom. The van der Waals surface area contributed by atoms with Crippen LogP contribution in [0, 0.1) is 11.8 Å². The highest BCUT2D eigenvalue weighted by atomic mass is 15.2. The summed E-state index contributed by atoms with van der Waals surface area (Å²) in [5, 5.41) is 3.62. The molecular weight excluding hydrogens is 220 g/mol. The van der Waals surface area contributed by atoms with E-state index in [1.807, 2.05) is 0 Å². The molecule has 0 aromatic rings. The van der Waals surface area contributed by atoms with Crippen molar-refractivity contribution < 1.29 is 0 Å². The first kappa shape index (κ1) is 14.3. The Kier molecular flexibility index (Phi) is 5.97. The van der Waals surface area contributed by atoms with Crippen molar-refractivity contribution in [3.05, 3.63) is 0 Å². The van der Waals surface area contributed by atoms with Crippen LogP contribution in [0.1, 0.15) is 58.8 Å². The molecular formula is C16H32N2. The molecule has 2 heteroatoms. The molecule has 0 amide bonds. The van der Waals surface area contributed by atoms with Crippen molar-refractivity contribution in [3.8, 4) is 0 Å². The minimum Gasteiger partial charge on any atom is -0.313 e. The lowest BCUT2D eigenvalue weighted by molar-refractivity contribution is 0.168. The van der Waals surface area contributed by atoms with Gasteiger partial charge in [-0.15, -0.1) is 0 Å². The number of nitrogens with one attached hydrogen (secondary N) is 1. The van der Waals surface area contributed by atoms with E-state index in [2.05, 4.69) is 24.1 Å². The van der Waals surface area contributed by atoms with Gasteiger partial charge in [0.15, 0.2) is 0 Å². The Bertz CT molecular complexity index is 219. The fourth-order valence-electron chi connectivity index (χ4n) is 3.70. The predicted octanol–water partition coefficient (Wildman–Crippen LogP) is 3.28. The molecule has 0 spiro atoms. The summed E-state index contributed by atoms with van der Waals surface area (Å²) in [6, 6.07) is 0.759. The lowest BCUT2D eigenvalue weighted by atomic mass is 9.81. The van der Waals surface area contributed by atoms with Crippen LogP contribution in [0.5, 0.6) is 0 Å². The van der Waals surface area contributed by atoms with Crippen molar-refractivity contribution in [3.63, 3.8) is 0 Å². The maximum Gasteiger partial charge on any atom is 0.0195 e. The third kappa shape index (κ3) is 4.55. The molecule has 2 fully saturated rings. The van der Waals surface area contributed by atoms with Crippen LogP contribution in [0.25, 0.3) is 0 Å². The second-order valence-corrected chi connectivity index (χ2v) is 6.61. The maximum absolute atomic E-state index is 3.62. The van der Waals surface area contributed by atoms with E-state index in [-0.39, 0.29) is 0 Å². The van der Waals surface area contributed by atoms with E-state index >= 15 is 0 Å². The smallest absolute Gasteiger partial charge is 0.0195 e. The quantitative estimate of drug-likeness (QED) is 0.808. The first-order valence-corrected chi connectivity index (χ1v) is 8.23. The fourth-order valence-corrected chi connectivity index (χ4v) is 3.70.